The molecule has 2 aromatic heterocycles. The highest BCUT2D eigenvalue weighted by Gasteiger charge is 2.15. The van der Waals surface area contributed by atoms with E-state index in [1.165, 1.54) is 0 Å². The number of nitrogens with zero attached hydrogens (tertiary/aromatic N) is 3. The molecule has 0 aliphatic heterocycles. The average Bonchev–Trinajstić information content (AvgIpc) is 3.37. The molecule has 9 nitrogen and oxygen atoms in total. The van der Waals surface area contributed by atoms with Crippen molar-refractivity contribution in [1.29, 1.82) is 0 Å². The second kappa shape index (κ2) is 10.0. The number of aromatic amines is 1. The number of azo groups is 1. The van der Waals surface area contributed by atoms with Gasteiger partial charge in [-0.2, -0.15) is 10.1 Å². The predicted octanol–water partition coefficient (Wildman–Crippen LogP) is 4.97. The number of hydrogen-bond acceptors (Lipinski definition) is 8. The van der Waals surface area contributed by atoms with Crippen molar-refractivity contribution in [3.05, 3.63) is 70.7 Å². The fraction of sp³-hybridized carbons (Fsp3) is 0.174. The minimum atomic E-state index is -0.420. The third-order valence-corrected chi connectivity index (χ3v) is 5.67. The molecule has 168 valence electrons. The van der Waals surface area contributed by atoms with Crippen molar-refractivity contribution in [3.63, 3.8) is 0 Å². The Morgan fingerprint density at radius 1 is 1.18 bits per heavy atom. The molecule has 4 aromatic rings. The van der Waals surface area contributed by atoms with Gasteiger partial charge in [-0.15, -0.1) is 5.11 Å². The number of thiazole rings is 1. The zero-order valence-electron chi connectivity index (χ0n) is 17.7. The van der Waals surface area contributed by atoms with Gasteiger partial charge >= 0.3 is 5.97 Å². The molecule has 33 heavy (non-hydrogen) atoms. The number of carbonyl (C=O) groups excluding carboxylic acids is 2. The van der Waals surface area contributed by atoms with Crippen LogP contribution in [0.5, 0.6) is 5.88 Å². The summed E-state index contributed by atoms with van der Waals surface area (Å²) >= 11 is 1.10. The number of hydrogen-bond donors (Lipinski definition) is 3. The summed E-state index contributed by atoms with van der Waals surface area (Å²) in [4.78, 5) is 31.6. The first-order valence-electron chi connectivity index (χ1n) is 10.2. The monoisotopic (exact) mass is 463 g/mol. The number of anilines is 1. The van der Waals surface area contributed by atoms with Crippen molar-refractivity contribution in [2.24, 2.45) is 10.2 Å². The maximum Gasteiger partial charge on any atom is 0.338 e. The summed E-state index contributed by atoms with van der Waals surface area (Å²) in [6, 6.07) is 14.3. The molecule has 0 radical (unpaired) electrons. The van der Waals surface area contributed by atoms with Crippen molar-refractivity contribution in [1.82, 2.24) is 9.97 Å². The molecule has 2 aromatic carbocycles. The molecule has 0 bridgehead atoms. The van der Waals surface area contributed by atoms with Crippen molar-refractivity contribution >= 4 is 44.9 Å². The summed E-state index contributed by atoms with van der Waals surface area (Å²) in [7, 11) is 0. The standard InChI is InChI=1S/C23H21N5O4S/c1-2-32-22(31)14-7-9-16(10-8-14)26-20(29)11-19-21(30)27-23(33-19)28-25-13-15-12-24-18-6-4-3-5-17(15)18/h3-10,12,24,30H,2,11,13H2,1H3,(H,26,29). The van der Waals surface area contributed by atoms with Crippen LogP contribution in [0, 0.1) is 0 Å². The van der Waals surface area contributed by atoms with Crippen LogP contribution in [0.4, 0.5) is 10.8 Å². The lowest BCUT2D eigenvalue weighted by atomic mass is 10.2. The molecule has 0 saturated carbocycles. The van der Waals surface area contributed by atoms with E-state index in [4.69, 9.17) is 4.74 Å². The van der Waals surface area contributed by atoms with Gasteiger partial charge in [0.2, 0.25) is 16.9 Å². The van der Waals surface area contributed by atoms with Crippen molar-refractivity contribution in [2.45, 2.75) is 19.9 Å². The molecule has 1 amide bonds. The van der Waals surface area contributed by atoms with Gasteiger partial charge in [0.1, 0.15) is 0 Å². The van der Waals surface area contributed by atoms with E-state index in [1.54, 1.807) is 31.2 Å². The third kappa shape index (κ3) is 5.42. The summed E-state index contributed by atoms with van der Waals surface area (Å²) in [5, 5.41) is 22.4. The van der Waals surface area contributed by atoms with Gasteiger partial charge in [0.05, 0.1) is 30.0 Å². The van der Waals surface area contributed by atoms with E-state index in [0.717, 1.165) is 27.8 Å². The fourth-order valence-corrected chi connectivity index (χ4v) is 3.97. The van der Waals surface area contributed by atoms with Crippen LogP contribution >= 0.6 is 11.3 Å². The van der Waals surface area contributed by atoms with E-state index in [1.807, 2.05) is 30.5 Å². The van der Waals surface area contributed by atoms with Gasteiger partial charge < -0.3 is 20.1 Å². The molecule has 0 fully saturated rings. The molecule has 0 atom stereocenters. The van der Waals surface area contributed by atoms with Crippen molar-refractivity contribution < 1.29 is 19.4 Å². The van der Waals surface area contributed by atoms with Crippen LogP contribution in [0.1, 0.15) is 27.7 Å². The quantitative estimate of drug-likeness (QED) is 0.251. The first-order valence-corrected chi connectivity index (χ1v) is 11.0. The Balaban J connectivity index is 1.34. The highest BCUT2D eigenvalue weighted by atomic mass is 32.1. The Bertz CT molecular complexity index is 1310. The van der Waals surface area contributed by atoms with Gasteiger partial charge in [-0.25, -0.2) is 4.79 Å². The van der Waals surface area contributed by atoms with E-state index in [-0.39, 0.29) is 23.3 Å². The van der Waals surface area contributed by atoms with Crippen LogP contribution in [0.25, 0.3) is 10.9 Å². The Kier molecular flexibility index (Phi) is 6.75. The smallest absolute Gasteiger partial charge is 0.338 e. The van der Waals surface area contributed by atoms with Crippen LogP contribution < -0.4 is 5.32 Å². The number of amides is 1. The maximum atomic E-state index is 12.4. The van der Waals surface area contributed by atoms with Crippen LogP contribution in [-0.2, 0) is 22.5 Å². The molecule has 0 aliphatic rings. The van der Waals surface area contributed by atoms with Crippen LogP contribution in [-0.4, -0.2) is 33.6 Å². The van der Waals surface area contributed by atoms with Gasteiger partial charge in [-0.05, 0) is 37.3 Å². The first-order chi connectivity index (χ1) is 16.0. The topological polar surface area (TPSA) is 129 Å². The van der Waals surface area contributed by atoms with E-state index in [2.05, 4.69) is 25.5 Å². The zero-order valence-corrected chi connectivity index (χ0v) is 18.6. The Labute approximate surface area is 193 Å². The number of ether oxygens (including phenoxy) is 1. The summed E-state index contributed by atoms with van der Waals surface area (Å²) in [5.41, 5.74) is 2.95. The Morgan fingerprint density at radius 3 is 2.76 bits per heavy atom. The van der Waals surface area contributed by atoms with Crippen LogP contribution in [0.3, 0.4) is 0 Å². The van der Waals surface area contributed by atoms with E-state index in [0.29, 0.717) is 29.3 Å². The summed E-state index contributed by atoms with van der Waals surface area (Å²) in [6.45, 7) is 2.39. The highest BCUT2D eigenvalue weighted by Crippen LogP contribution is 2.31. The molecule has 0 unspecified atom stereocenters. The normalized spacial score (nSPS) is 11.2. The number of benzene rings is 2. The Morgan fingerprint density at radius 2 is 1.97 bits per heavy atom. The van der Waals surface area contributed by atoms with Gasteiger partial charge in [0.25, 0.3) is 0 Å². The maximum absolute atomic E-state index is 12.4. The van der Waals surface area contributed by atoms with Crippen LogP contribution in [0.2, 0.25) is 0 Å². The highest BCUT2D eigenvalue weighted by molar-refractivity contribution is 7.15. The van der Waals surface area contributed by atoms with Gasteiger partial charge in [0.15, 0.2) is 0 Å². The largest absolute Gasteiger partial charge is 0.492 e. The third-order valence-electron chi connectivity index (χ3n) is 4.74. The van der Waals surface area contributed by atoms with Gasteiger partial charge in [0, 0.05) is 28.4 Å². The first kappa shape index (κ1) is 22.2. The van der Waals surface area contributed by atoms with E-state index < -0.39 is 5.97 Å². The molecule has 3 N–H and O–H groups in total. The minimum Gasteiger partial charge on any atom is -0.492 e. The summed E-state index contributed by atoms with van der Waals surface area (Å²) in [6.07, 6.45) is 1.82. The van der Waals surface area contributed by atoms with Crippen molar-refractivity contribution in [2.75, 3.05) is 11.9 Å². The lowest BCUT2D eigenvalue weighted by molar-refractivity contribution is -0.115. The lowest BCUT2D eigenvalue weighted by Gasteiger charge is -2.06. The number of para-hydroxylation sites is 1. The molecule has 4 rings (SSSR count). The second-order valence-corrected chi connectivity index (χ2v) is 8.09. The number of carbonyl (C=O) groups is 2. The minimum absolute atomic E-state index is 0.0684. The fourth-order valence-electron chi connectivity index (χ4n) is 3.18. The van der Waals surface area contributed by atoms with Crippen LogP contribution in [0.15, 0.2) is 65.0 Å². The molecule has 2 heterocycles. The lowest BCUT2D eigenvalue weighted by Crippen LogP contribution is -2.14. The van der Waals surface area contributed by atoms with Gasteiger partial charge in [-0.3, -0.25) is 4.79 Å². The Hall–Kier alpha value is -4.05. The SMILES string of the molecule is CCOC(=O)c1ccc(NC(=O)Cc2sc(N=NCc3c[nH]c4ccccc34)nc2O)cc1. The number of H-pyrrole nitrogens is 1. The number of esters is 1. The average molecular weight is 464 g/mol. The summed E-state index contributed by atoms with van der Waals surface area (Å²) < 4.78 is 4.93. The number of aromatic hydroxyl groups is 1. The number of nitrogens with one attached hydrogen (secondary N) is 2. The molecule has 10 heteroatoms. The van der Waals surface area contributed by atoms with E-state index >= 15 is 0 Å². The number of rotatable bonds is 8. The number of fused-ring (bicyclic) bond motifs is 1. The molecular weight excluding hydrogens is 442 g/mol. The molecule has 0 saturated heterocycles. The van der Waals surface area contributed by atoms with Gasteiger partial charge in [-0.1, -0.05) is 29.5 Å². The van der Waals surface area contributed by atoms with Crippen molar-refractivity contribution in [3.8, 4) is 5.88 Å². The zero-order chi connectivity index (χ0) is 23.2. The molecule has 0 aliphatic carbocycles. The second-order valence-electron chi connectivity index (χ2n) is 7.03. The predicted molar refractivity (Wildman–Crippen MR) is 125 cm³/mol. The summed E-state index contributed by atoms with van der Waals surface area (Å²) in [5.74, 6) is -0.995. The van der Waals surface area contributed by atoms with E-state index in [9.17, 15) is 14.7 Å². The molecule has 0 spiro atoms. The molecular formula is C23H21N5O4S. The number of aromatic nitrogens is 2.